The maximum absolute atomic E-state index is 12.0. The summed E-state index contributed by atoms with van der Waals surface area (Å²) in [5, 5.41) is 0. The number of hydrogen-bond acceptors (Lipinski definition) is 6. The normalized spacial score (nSPS) is 24.9. The molecule has 0 saturated carbocycles. The highest BCUT2D eigenvalue weighted by molar-refractivity contribution is 6.62. The average molecular weight is 299 g/mol. The molecule has 0 aromatic carbocycles. The van der Waals surface area contributed by atoms with E-state index in [0.29, 0.717) is 5.46 Å². The van der Waals surface area contributed by atoms with Crippen molar-refractivity contribution in [1.82, 2.24) is 4.98 Å². The van der Waals surface area contributed by atoms with Gasteiger partial charge in [-0.2, -0.15) is 0 Å². The van der Waals surface area contributed by atoms with Crippen molar-refractivity contribution in [2.75, 3.05) is 14.1 Å². The van der Waals surface area contributed by atoms with Crippen LogP contribution in [0.4, 0.5) is 0 Å². The molecule has 1 aromatic heterocycles. The fourth-order valence-electron chi connectivity index (χ4n) is 1.85. The largest absolute Gasteiger partial charge is 0.496 e. The smallest absolute Gasteiger partial charge is 0.494 e. The van der Waals surface area contributed by atoms with Crippen LogP contribution < -0.4 is 10.2 Å². The van der Waals surface area contributed by atoms with Crippen molar-refractivity contribution in [2.24, 2.45) is 0 Å². The highest BCUT2D eigenvalue weighted by Crippen LogP contribution is 2.36. The number of aromatic nitrogens is 1. The minimum Gasteiger partial charge on any atom is -0.494 e. The lowest BCUT2D eigenvalue weighted by molar-refractivity contribution is 0.00578. The van der Waals surface area contributed by atoms with Gasteiger partial charge < -0.3 is 18.8 Å². The van der Waals surface area contributed by atoms with E-state index in [4.69, 9.17) is 22.3 Å². The summed E-state index contributed by atoms with van der Waals surface area (Å²) in [5.74, 6) is -1.80. The molecule has 1 aliphatic rings. The van der Waals surface area contributed by atoms with Crippen molar-refractivity contribution in [1.29, 1.82) is 0 Å². The fraction of sp³-hybridized carbons (Fsp3) is 0.571. The number of hydrogen-bond donors (Lipinski definition) is 0. The highest BCUT2D eigenvalue weighted by atomic mass is 16.7. The lowest BCUT2D eigenvalue weighted by Crippen LogP contribution is -2.41. The van der Waals surface area contributed by atoms with Crippen LogP contribution in [-0.2, 0) is 14.0 Å². The molecule has 2 heterocycles. The third-order valence-electron chi connectivity index (χ3n) is 3.80. The van der Waals surface area contributed by atoms with E-state index in [1.54, 1.807) is 0 Å². The van der Waals surface area contributed by atoms with Crippen LogP contribution in [0, 0.1) is 0 Å². The van der Waals surface area contributed by atoms with Crippen LogP contribution in [0.2, 0.25) is 0 Å². The predicted octanol–water partition coefficient (Wildman–Crippen LogP) is 1.18. The molecule has 0 aliphatic carbocycles. The molecule has 1 saturated heterocycles. The summed E-state index contributed by atoms with van der Waals surface area (Å²) in [4.78, 5) is 15.9. The van der Waals surface area contributed by atoms with Gasteiger partial charge in [0.05, 0.1) is 33.5 Å². The first-order valence-electron chi connectivity index (χ1n) is 9.29. The molecule has 0 radical (unpaired) electrons. The second-order valence-corrected chi connectivity index (χ2v) is 5.70. The molecule has 0 spiro atoms. The minimum atomic E-state index is -3.01. The van der Waals surface area contributed by atoms with Crippen molar-refractivity contribution in [2.45, 2.75) is 38.9 Å². The Morgan fingerprint density at radius 3 is 2.52 bits per heavy atom. The van der Waals surface area contributed by atoms with E-state index in [1.165, 1.54) is 12.3 Å². The Morgan fingerprint density at radius 1 is 1.29 bits per heavy atom. The van der Waals surface area contributed by atoms with E-state index in [2.05, 4.69) is 9.72 Å². The molecular weight excluding hydrogens is 273 g/mol. The van der Waals surface area contributed by atoms with Gasteiger partial charge in [0, 0.05) is 11.7 Å². The molecule has 0 bridgehead atoms. The Labute approximate surface area is 133 Å². The molecule has 7 heteroatoms. The number of carbonyl (C=O) groups excluding carboxylic acids is 1. The first-order valence-corrected chi connectivity index (χ1v) is 6.29. The Kier molecular flexibility index (Phi) is 2.38. The van der Waals surface area contributed by atoms with Crippen molar-refractivity contribution in [3.8, 4) is 5.75 Å². The van der Waals surface area contributed by atoms with E-state index in [9.17, 15) is 4.79 Å². The van der Waals surface area contributed by atoms with Crippen LogP contribution in [-0.4, -0.2) is 43.3 Å². The van der Waals surface area contributed by atoms with Gasteiger partial charge in [-0.15, -0.1) is 0 Å². The molecule has 21 heavy (non-hydrogen) atoms. The first kappa shape index (κ1) is 9.43. The van der Waals surface area contributed by atoms with Crippen LogP contribution >= 0.6 is 0 Å². The Bertz CT molecular complexity index is 718. The summed E-state index contributed by atoms with van der Waals surface area (Å²) in [6.07, 6.45) is 1.21. The molecule has 0 amide bonds. The topological polar surface area (TPSA) is 66.9 Å². The number of nitrogens with zero attached hydrogens (tertiary/aromatic N) is 1. The zero-order valence-electron chi connectivity index (χ0n) is 18.2. The van der Waals surface area contributed by atoms with E-state index in [-0.39, 0.29) is 0 Å². The second kappa shape index (κ2) is 5.31. The van der Waals surface area contributed by atoms with Crippen LogP contribution in [0.25, 0.3) is 0 Å². The number of esters is 1. The summed E-state index contributed by atoms with van der Waals surface area (Å²) >= 11 is 0. The van der Waals surface area contributed by atoms with Gasteiger partial charge in [-0.1, -0.05) is 0 Å². The zero-order chi connectivity index (χ0) is 20.8. The summed E-state index contributed by atoms with van der Waals surface area (Å²) in [7, 11) is -6.79. The highest BCUT2D eigenvalue weighted by Gasteiger charge is 2.52. The van der Waals surface area contributed by atoms with Crippen LogP contribution in [0.5, 0.6) is 5.75 Å². The van der Waals surface area contributed by atoms with Crippen molar-refractivity contribution in [3.05, 3.63) is 18.0 Å². The molecule has 1 aromatic rings. The Balaban J connectivity index is 2.40. The number of ether oxygens (including phenoxy) is 2. The van der Waals surface area contributed by atoms with Gasteiger partial charge in [0.2, 0.25) is 0 Å². The first-order chi connectivity index (χ1) is 12.0. The summed E-state index contributed by atoms with van der Waals surface area (Å²) in [6.45, 7) is 7.34. The monoisotopic (exact) mass is 299 g/mol. The van der Waals surface area contributed by atoms with Gasteiger partial charge in [0.15, 0.2) is 11.4 Å². The average Bonchev–Trinajstić information content (AvgIpc) is 2.63. The third kappa shape index (κ3) is 2.75. The number of methoxy groups -OCH3 is 2. The summed E-state index contributed by atoms with van der Waals surface area (Å²) < 4.78 is 63.5. The zero-order valence-corrected chi connectivity index (χ0v) is 12.2. The molecule has 1 aliphatic heterocycles. The van der Waals surface area contributed by atoms with Crippen LogP contribution in [0.3, 0.4) is 0 Å². The third-order valence-corrected chi connectivity index (χ3v) is 3.80. The quantitative estimate of drug-likeness (QED) is 0.616. The predicted molar refractivity (Wildman–Crippen MR) is 77.8 cm³/mol. The Morgan fingerprint density at radius 2 is 1.95 bits per heavy atom. The van der Waals surface area contributed by atoms with Crippen molar-refractivity contribution >= 4 is 18.6 Å². The lowest BCUT2D eigenvalue weighted by atomic mass is 9.80. The molecule has 1 fully saturated rings. The second-order valence-electron chi connectivity index (χ2n) is 5.70. The number of rotatable bonds is 3. The van der Waals surface area contributed by atoms with Gasteiger partial charge >= 0.3 is 13.1 Å². The van der Waals surface area contributed by atoms with Gasteiger partial charge in [-0.25, -0.2) is 9.78 Å². The lowest BCUT2D eigenvalue weighted by Gasteiger charge is -2.32. The summed E-state index contributed by atoms with van der Waals surface area (Å²) in [6, 6.07) is 1.21. The minimum absolute atomic E-state index is 0.304. The molecule has 114 valence electrons. The molecule has 0 N–H and O–H groups in total. The van der Waals surface area contributed by atoms with E-state index < -0.39 is 49.8 Å². The summed E-state index contributed by atoms with van der Waals surface area (Å²) in [5.41, 5.74) is -1.58. The van der Waals surface area contributed by atoms with Gasteiger partial charge in [-0.05, 0) is 33.8 Å². The van der Waals surface area contributed by atoms with E-state index in [0.717, 1.165) is 0 Å². The van der Waals surface area contributed by atoms with E-state index in [1.807, 2.05) is 27.7 Å². The Hall–Kier alpha value is -1.60. The molecule has 0 unspecified atom stereocenters. The maximum Gasteiger partial charge on any atom is 0.496 e. The number of carbonyl (C=O) groups is 1. The van der Waals surface area contributed by atoms with Crippen LogP contribution in [0.15, 0.2) is 12.3 Å². The molecule has 0 atom stereocenters. The molecule has 2 rings (SSSR count). The number of pyridine rings is 1. The maximum atomic E-state index is 12.0. The van der Waals surface area contributed by atoms with Gasteiger partial charge in [-0.3, -0.25) is 0 Å². The van der Waals surface area contributed by atoms with Crippen molar-refractivity contribution < 1.29 is 31.8 Å². The fourth-order valence-corrected chi connectivity index (χ4v) is 1.85. The SMILES string of the molecule is [2H]C([2H])([2H])OC(=O)c1ncc(B2OC(C)(C)C(C)(C)O2)cc1OC([2H])([2H])[2H]. The standard InChI is InChI=1S/C14H20BNO5/c1-13(2)14(3,4)21-15(20-13)9-7-10(18-5)11(16-8-9)12(17)19-6/h7-8H,1-6H3/i5D3,6D3. The molecule has 6 nitrogen and oxygen atoms in total. The van der Waals surface area contributed by atoms with Gasteiger partial charge in [0.1, 0.15) is 0 Å². The molecular formula is C14H20BNO5. The van der Waals surface area contributed by atoms with Crippen LogP contribution in [0.1, 0.15) is 46.4 Å². The van der Waals surface area contributed by atoms with E-state index >= 15 is 0 Å². The van der Waals surface area contributed by atoms with Gasteiger partial charge in [0.25, 0.3) is 0 Å². The van der Waals surface area contributed by atoms with Crippen molar-refractivity contribution in [3.63, 3.8) is 0 Å².